The number of piperidine rings is 1. The van der Waals surface area contributed by atoms with E-state index in [2.05, 4.69) is 0 Å². The molecular weight excluding hydrogens is 200 g/mol. The van der Waals surface area contributed by atoms with Gasteiger partial charge in [-0.25, -0.2) is 0 Å². The predicted octanol–water partition coefficient (Wildman–Crippen LogP) is 2.22. The van der Waals surface area contributed by atoms with E-state index in [-0.39, 0.29) is 11.9 Å². The molecule has 0 saturated carbocycles. The molecule has 1 aliphatic heterocycles. The van der Waals surface area contributed by atoms with Gasteiger partial charge in [-0.05, 0) is 37.5 Å². The van der Waals surface area contributed by atoms with Crippen molar-refractivity contribution in [1.82, 2.24) is 0 Å². The van der Waals surface area contributed by atoms with Gasteiger partial charge in [0.15, 0.2) is 0 Å². The van der Waals surface area contributed by atoms with Crippen molar-refractivity contribution in [2.24, 2.45) is 5.73 Å². The van der Waals surface area contributed by atoms with Crippen molar-refractivity contribution in [3.63, 3.8) is 0 Å². The van der Waals surface area contributed by atoms with Gasteiger partial charge in [0.2, 0.25) is 5.91 Å². The van der Waals surface area contributed by atoms with Crippen LogP contribution in [0.15, 0.2) is 24.3 Å². The number of nitrogens with zero attached hydrogens (tertiary/aromatic N) is 1. The predicted molar refractivity (Wildman–Crippen MR) is 65.2 cm³/mol. The summed E-state index contributed by atoms with van der Waals surface area (Å²) in [7, 11) is 0. The Morgan fingerprint density at radius 1 is 1.25 bits per heavy atom. The zero-order chi connectivity index (χ0) is 11.5. The van der Waals surface area contributed by atoms with Crippen LogP contribution in [-0.4, -0.2) is 12.5 Å². The smallest absolute Gasteiger partial charge is 0.226 e. The van der Waals surface area contributed by atoms with Crippen LogP contribution in [0.25, 0.3) is 0 Å². The fourth-order valence-corrected chi connectivity index (χ4v) is 2.04. The summed E-state index contributed by atoms with van der Waals surface area (Å²) in [5, 5.41) is 0. The molecule has 1 atom stereocenters. The number of anilines is 1. The van der Waals surface area contributed by atoms with Crippen LogP contribution in [0.3, 0.4) is 0 Å². The third kappa shape index (κ3) is 2.25. The Morgan fingerprint density at radius 3 is 2.50 bits per heavy atom. The highest BCUT2D eigenvalue weighted by Gasteiger charge is 2.19. The Labute approximate surface area is 96.2 Å². The van der Waals surface area contributed by atoms with Crippen molar-refractivity contribution < 1.29 is 4.79 Å². The van der Waals surface area contributed by atoms with Gasteiger partial charge in [0.1, 0.15) is 0 Å². The lowest BCUT2D eigenvalue weighted by molar-refractivity contribution is -0.119. The maximum absolute atomic E-state index is 11.7. The quantitative estimate of drug-likeness (QED) is 0.827. The van der Waals surface area contributed by atoms with E-state index in [1.54, 1.807) is 0 Å². The first-order chi connectivity index (χ1) is 7.68. The van der Waals surface area contributed by atoms with E-state index >= 15 is 0 Å². The fraction of sp³-hybridized carbons (Fsp3) is 0.462. The van der Waals surface area contributed by atoms with Crippen LogP contribution in [0, 0.1) is 0 Å². The summed E-state index contributed by atoms with van der Waals surface area (Å²) in [4.78, 5) is 13.6. The van der Waals surface area contributed by atoms with Crippen LogP contribution >= 0.6 is 0 Å². The lowest BCUT2D eigenvalue weighted by atomic mass is 10.1. The molecule has 1 saturated heterocycles. The first-order valence-corrected chi connectivity index (χ1v) is 5.84. The Hall–Kier alpha value is -1.35. The number of carbonyl (C=O) groups excluding carboxylic acids is 1. The van der Waals surface area contributed by atoms with Gasteiger partial charge in [-0.15, -0.1) is 0 Å². The highest BCUT2D eigenvalue weighted by Crippen LogP contribution is 2.22. The minimum absolute atomic E-state index is 0.0473. The zero-order valence-corrected chi connectivity index (χ0v) is 9.65. The van der Waals surface area contributed by atoms with Gasteiger partial charge >= 0.3 is 0 Å². The summed E-state index contributed by atoms with van der Waals surface area (Å²) in [5.41, 5.74) is 7.89. The van der Waals surface area contributed by atoms with Crippen molar-refractivity contribution in [3.8, 4) is 0 Å². The number of nitrogens with two attached hydrogens (primary N) is 1. The minimum Gasteiger partial charge on any atom is -0.324 e. The molecule has 1 aromatic rings. The molecule has 0 bridgehead atoms. The Bertz CT molecular complexity index is 370. The maximum Gasteiger partial charge on any atom is 0.226 e. The van der Waals surface area contributed by atoms with E-state index in [0.29, 0.717) is 6.42 Å². The molecule has 86 valence electrons. The van der Waals surface area contributed by atoms with E-state index < -0.39 is 0 Å². The third-order valence-corrected chi connectivity index (χ3v) is 3.05. The first kappa shape index (κ1) is 11.1. The summed E-state index contributed by atoms with van der Waals surface area (Å²) in [6, 6.07) is 8.03. The van der Waals surface area contributed by atoms with Crippen LogP contribution in [0.1, 0.15) is 37.8 Å². The molecule has 0 radical (unpaired) electrons. The van der Waals surface area contributed by atoms with Gasteiger partial charge < -0.3 is 10.6 Å². The summed E-state index contributed by atoms with van der Waals surface area (Å²) < 4.78 is 0. The molecule has 16 heavy (non-hydrogen) atoms. The van der Waals surface area contributed by atoms with Crippen LogP contribution in [-0.2, 0) is 4.79 Å². The monoisotopic (exact) mass is 218 g/mol. The molecule has 0 spiro atoms. The van der Waals surface area contributed by atoms with Gasteiger partial charge in [-0.2, -0.15) is 0 Å². The molecule has 1 unspecified atom stereocenters. The number of hydrogen-bond donors (Lipinski definition) is 1. The molecule has 0 aromatic heterocycles. The van der Waals surface area contributed by atoms with Crippen LogP contribution in [0.4, 0.5) is 5.69 Å². The molecule has 0 aliphatic carbocycles. The average molecular weight is 218 g/mol. The molecule has 1 aromatic carbocycles. The summed E-state index contributed by atoms with van der Waals surface area (Å²) in [6.07, 6.45) is 2.79. The number of carbonyl (C=O) groups is 1. The van der Waals surface area contributed by atoms with Crippen molar-refractivity contribution in [1.29, 1.82) is 0 Å². The summed E-state index contributed by atoms with van der Waals surface area (Å²) in [5.74, 6) is 0.236. The van der Waals surface area contributed by atoms with E-state index in [0.717, 1.165) is 30.6 Å². The van der Waals surface area contributed by atoms with Crippen molar-refractivity contribution >= 4 is 11.6 Å². The van der Waals surface area contributed by atoms with Crippen molar-refractivity contribution in [3.05, 3.63) is 29.8 Å². The second-order valence-corrected chi connectivity index (χ2v) is 4.38. The number of amides is 1. The highest BCUT2D eigenvalue weighted by molar-refractivity contribution is 5.93. The Balaban J connectivity index is 2.17. The van der Waals surface area contributed by atoms with E-state index in [1.807, 2.05) is 36.1 Å². The second kappa shape index (κ2) is 4.66. The van der Waals surface area contributed by atoms with Crippen LogP contribution in [0.2, 0.25) is 0 Å². The molecular formula is C13H18N2O. The zero-order valence-electron chi connectivity index (χ0n) is 9.65. The van der Waals surface area contributed by atoms with Crippen molar-refractivity contribution in [2.75, 3.05) is 11.4 Å². The summed E-state index contributed by atoms with van der Waals surface area (Å²) in [6.45, 7) is 2.80. The molecule has 1 heterocycles. The fourth-order valence-electron chi connectivity index (χ4n) is 2.04. The number of benzene rings is 1. The second-order valence-electron chi connectivity index (χ2n) is 4.38. The topological polar surface area (TPSA) is 46.3 Å². The van der Waals surface area contributed by atoms with Crippen LogP contribution in [0.5, 0.6) is 0 Å². The molecule has 3 nitrogen and oxygen atoms in total. The van der Waals surface area contributed by atoms with E-state index in [4.69, 9.17) is 5.73 Å². The van der Waals surface area contributed by atoms with Gasteiger partial charge in [0.05, 0.1) is 0 Å². The van der Waals surface area contributed by atoms with Gasteiger partial charge in [0.25, 0.3) is 0 Å². The molecule has 1 aliphatic rings. The van der Waals surface area contributed by atoms with Crippen molar-refractivity contribution in [2.45, 2.75) is 32.2 Å². The minimum atomic E-state index is 0.0473. The SMILES string of the molecule is CC(N)c1ccc(N2CCCCC2=O)cc1. The summed E-state index contributed by atoms with van der Waals surface area (Å²) >= 11 is 0. The highest BCUT2D eigenvalue weighted by atomic mass is 16.2. The maximum atomic E-state index is 11.7. The Morgan fingerprint density at radius 2 is 1.94 bits per heavy atom. The Kier molecular flexibility index (Phi) is 3.25. The van der Waals surface area contributed by atoms with E-state index in [1.165, 1.54) is 0 Å². The molecule has 2 N–H and O–H groups in total. The third-order valence-electron chi connectivity index (χ3n) is 3.05. The number of rotatable bonds is 2. The first-order valence-electron chi connectivity index (χ1n) is 5.84. The standard InChI is InChI=1S/C13H18N2O/c1-10(14)11-5-7-12(8-6-11)15-9-3-2-4-13(15)16/h5-8,10H,2-4,9,14H2,1H3. The van der Waals surface area contributed by atoms with Crippen LogP contribution < -0.4 is 10.6 Å². The lowest BCUT2D eigenvalue weighted by Gasteiger charge is -2.27. The average Bonchev–Trinajstić information content (AvgIpc) is 2.30. The largest absolute Gasteiger partial charge is 0.324 e. The molecule has 2 rings (SSSR count). The van der Waals surface area contributed by atoms with Gasteiger partial charge in [0, 0.05) is 24.7 Å². The molecule has 1 fully saturated rings. The lowest BCUT2D eigenvalue weighted by Crippen LogP contribution is -2.35. The normalized spacial score (nSPS) is 18.6. The molecule has 3 heteroatoms. The molecule has 1 amide bonds. The van der Waals surface area contributed by atoms with Gasteiger partial charge in [-0.3, -0.25) is 4.79 Å². The van der Waals surface area contributed by atoms with E-state index in [9.17, 15) is 4.79 Å². The van der Waals surface area contributed by atoms with Gasteiger partial charge in [-0.1, -0.05) is 12.1 Å². The number of hydrogen-bond acceptors (Lipinski definition) is 2.